The quantitative estimate of drug-likeness (QED) is 0.652. The highest BCUT2D eigenvalue weighted by molar-refractivity contribution is 6.07. The van der Waals surface area contributed by atoms with Crippen LogP contribution in [0.4, 0.5) is 0 Å². The summed E-state index contributed by atoms with van der Waals surface area (Å²) in [6, 6.07) is 13.6. The first-order valence-corrected chi connectivity index (χ1v) is 7.15. The van der Waals surface area contributed by atoms with E-state index in [2.05, 4.69) is 0 Å². The van der Waals surface area contributed by atoms with Gasteiger partial charge in [-0.05, 0) is 42.0 Å². The van der Waals surface area contributed by atoms with Gasteiger partial charge in [-0.2, -0.15) is 5.26 Å². The summed E-state index contributed by atoms with van der Waals surface area (Å²) in [4.78, 5) is 23.2. The summed E-state index contributed by atoms with van der Waals surface area (Å²) in [6.07, 6.45) is 2.78. The zero-order valence-electron chi connectivity index (χ0n) is 13.0. The van der Waals surface area contributed by atoms with E-state index < -0.39 is 5.97 Å². The maximum absolute atomic E-state index is 12.3. The van der Waals surface area contributed by atoms with Gasteiger partial charge in [0.25, 0.3) is 0 Å². The Morgan fingerprint density at radius 1 is 1.25 bits per heavy atom. The van der Waals surface area contributed by atoms with Crippen LogP contribution in [0.2, 0.25) is 0 Å². The van der Waals surface area contributed by atoms with Gasteiger partial charge in [0.2, 0.25) is 0 Å². The summed E-state index contributed by atoms with van der Waals surface area (Å²) in [6.45, 7) is 0. The minimum atomic E-state index is -0.998. The molecule has 2 aromatic carbocycles. The molecule has 0 spiro atoms. The SMILES string of the molecule is COc1ccc(C(=O)C=Cc2cccc(C#N)c2)cc1CC(=O)O. The second kappa shape index (κ2) is 7.75. The minimum Gasteiger partial charge on any atom is -0.496 e. The number of hydrogen-bond acceptors (Lipinski definition) is 4. The Balaban J connectivity index is 2.24. The van der Waals surface area contributed by atoms with Crippen LogP contribution in [-0.4, -0.2) is 24.0 Å². The lowest BCUT2D eigenvalue weighted by molar-refractivity contribution is -0.136. The third-order valence-corrected chi connectivity index (χ3v) is 3.35. The molecule has 0 aromatic heterocycles. The molecule has 0 atom stereocenters. The number of hydrogen-bond donors (Lipinski definition) is 1. The lowest BCUT2D eigenvalue weighted by atomic mass is 10.0. The van der Waals surface area contributed by atoms with Crippen LogP contribution in [-0.2, 0) is 11.2 Å². The lowest BCUT2D eigenvalue weighted by Gasteiger charge is -2.08. The van der Waals surface area contributed by atoms with E-state index in [1.54, 1.807) is 42.5 Å². The molecule has 0 amide bonds. The number of aliphatic carboxylic acids is 1. The maximum Gasteiger partial charge on any atom is 0.307 e. The first kappa shape index (κ1) is 17.0. The van der Waals surface area contributed by atoms with Gasteiger partial charge in [-0.3, -0.25) is 9.59 Å². The van der Waals surface area contributed by atoms with Crippen LogP contribution < -0.4 is 4.74 Å². The van der Waals surface area contributed by atoms with Crippen LogP contribution >= 0.6 is 0 Å². The Morgan fingerprint density at radius 3 is 2.71 bits per heavy atom. The monoisotopic (exact) mass is 321 g/mol. The molecule has 0 saturated carbocycles. The fourth-order valence-electron chi connectivity index (χ4n) is 2.21. The van der Waals surface area contributed by atoms with Gasteiger partial charge in [-0.25, -0.2) is 0 Å². The molecule has 0 fully saturated rings. The van der Waals surface area contributed by atoms with Crippen molar-refractivity contribution in [2.24, 2.45) is 0 Å². The molecule has 5 nitrogen and oxygen atoms in total. The highest BCUT2D eigenvalue weighted by atomic mass is 16.5. The van der Waals surface area contributed by atoms with Crippen molar-refractivity contribution in [1.29, 1.82) is 5.26 Å². The number of ether oxygens (including phenoxy) is 1. The van der Waals surface area contributed by atoms with Crippen LogP contribution in [0.3, 0.4) is 0 Å². The predicted molar refractivity (Wildman–Crippen MR) is 88.9 cm³/mol. The van der Waals surface area contributed by atoms with Gasteiger partial charge in [0.05, 0.1) is 25.2 Å². The summed E-state index contributed by atoms with van der Waals surface area (Å²) >= 11 is 0. The van der Waals surface area contributed by atoms with E-state index in [9.17, 15) is 9.59 Å². The first-order valence-electron chi connectivity index (χ1n) is 7.15. The van der Waals surface area contributed by atoms with Crippen molar-refractivity contribution in [1.82, 2.24) is 0 Å². The number of nitrogens with zero attached hydrogens (tertiary/aromatic N) is 1. The summed E-state index contributed by atoms with van der Waals surface area (Å²) in [5, 5.41) is 17.8. The molecule has 0 heterocycles. The van der Waals surface area contributed by atoms with Crippen LogP contribution in [0.5, 0.6) is 5.75 Å². The third-order valence-electron chi connectivity index (χ3n) is 3.35. The Morgan fingerprint density at radius 2 is 2.04 bits per heavy atom. The minimum absolute atomic E-state index is 0.224. The second-order valence-electron chi connectivity index (χ2n) is 5.03. The predicted octanol–water partition coefficient (Wildman–Crippen LogP) is 3.09. The number of carboxylic acids is 1. The van der Waals surface area contributed by atoms with E-state index in [4.69, 9.17) is 15.1 Å². The zero-order valence-corrected chi connectivity index (χ0v) is 13.0. The molecular weight excluding hydrogens is 306 g/mol. The summed E-state index contributed by atoms with van der Waals surface area (Å²) < 4.78 is 5.11. The third kappa shape index (κ3) is 4.31. The number of methoxy groups -OCH3 is 1. The Hall–Kier alpha value is -3.39. The Labute approximate surface area is 139 Å². The van der Waals surface area contributed by atoms with Crippen molar-refractivity contribution >= 4 is 17.8 Å². The smallest absolute Gasteiger partial charge is 0.307 e. The van der Waals surface area contributed by atoms with Crippen molar-refractivity contribution < 1.29 is 19.4 Å². The van der Waals surface area contributed by atoms with Gasteiger partial charge in [-0.15, -0.1) is 0 Å². The van der Waals surface area contributed by atoms with Gasteiger partial charge in [-0.1, -0.05) is 18.2 Å². The number of allylic oxidation sites excluding steroid dienone is 1. The molecule has 120 valence electrons. The molecule has 2 rings (SSSR count). The van der Waals surface area contributed by atoms with E-state index in [1.165, 1.54) is 19.3 Å². The molecule has 0 saturated heterocycles. The van der Waals surface area contributed by atoms with Crippen molar-refractivity contribution in [3.05, 3.63) is 70.8 Å². The summed E-state index contributed by atoms with van der Waals surface area (Å²) in [5.74, 6) is -0.826. The molecule has 5 heteroatoms. The lowest BCUT2D eigenvalue weighted by Crippen LogP contribution is -2.04. The number of ketones is 1. The van der Waals surface area contributed by atoms with E-state index in [-0.39, 0.29) is 12.2 Å². The van der Waals surface area contributed by atoms with Crippen LogP contribution in [0, 0.1) is 11.3 Å². The van der Waals surface area contributed by atoms with Crippen LogP contribution in [0.15, 0.2) is 48.5 Å². The molecule has 0 radical (unpaired) electrons. The molecule has 0 aliphatic carbocycles. The number of carboxylic acid groups (broad SMARTS) is 1. The van der Waals surface area contributed by atoms with Gasteiger partial charge >= 0.3 is 5.97 Å². The zero-order chi connectivity index (χ0) is 17.5. The average Bonchev–Trinajstić information content (AvgIpc) is 2.59. The maximum atomic E-state index is 12.3. The summed E-state index contributed by atoms with van der Waals surface area (Å²) in [7, 11) is 1.45. The number of nitriles is 1. The van der Waals surface area contributed by atoms with E-state index in [0.29, 0.717) is 22.4 Å². The fourth-order valence-corrected chi connectivity index (χ4v) is 2.21. The fraction of sp³-hybridized carbons (Fsp3) is 0.105. The number of carbonyl (C=O) groups excluding carboxylic acids is 1. The standard InChI is InChI=1S/C19H15NO4/c1-24-18-8-6-15(10-16(18)11-19(22)23)17(21)7-5-13-3-2-4-14(9-13)12-20/h2-10H,11H2,1H3,(H,22,23). The average molecular weight is 321 g/mol. The van der Waals surface area contributed by atoms with E-state index in [0.717, 1.165) is 5.56 Å². The first-order chi connectivity index (χ1) is 11.5. The molecule has 0 aliphatic heterocycles. The topological polar surface area (TPSA) is 87.4 Å². The molecule has 0 unspecified atom stereocenters. The number of benzene rings is 2. The Bertz CT molecular complexity index is 847. The second-order valence-corrected chi connectivity index (χ2v) is 5.03. The normalized spacial score (nSPS) is 10.3. The molecular formula is C19H15NO4. The highest BCUT2D eigenvalue weighted by Crippen LogP contribution is 2.21. The number of carbonyl (C=O) groups is 2. The van der Waals surface area contributed by atoms with Gasteiger partial charge in [0, 0.05) is 11.1 Å². The van der Waals surface area contributed by atoms with Gasteiger partial charge in [0.15, 0.2) is 5.78 Å². The van der Waals surface area contributed by atoms with Crippen molar-refractivity contribution in [2.75, 3.05) is 7.11 Å². The molecule has 0 bridgehead atoms. The molecule has 0 aliphatic rings. The summed E-state index contributed by atoms with van der Waals surface area (Å²) in [5.41, 5.74) is 2.06. The van der Waals surface area contributed by atoms with Gasteiger partial charge < -0.3 is 9.84 Å². The largest absolute Gasteiger partial charge is 0.496 e. The van der Waals surface area contributed by atoms with E-state index >= 15 is 0 Å². The van der Waals surface area contributed by atoms with Gasteiger partial charge in [0.1, 0.15) is 5.75 Å². The van der Waals surface area contributed by atoms with E-state index in [1.807, 2.05) is 6.07 Å². The molecule has 2 aromatic rings. The van der Waals surface area contributed by atoms with Crippen molar-refractivity contribution in [2.45, 2.75) is 6.42 Å². The molecule has 1 N–H and O–H groups in total. The van der Waals surface area contributed by atoms with Crippen molar-refractivity contribution in [3.8, 4) is 11.8 Å². The number of rotatable bonds is 6. The molecule has 24 heavy (non-hydrogen) atoms. The van der Waals surface area contributed by atoms with Crippen molar-refractivity contribution in [3.63, 3.8) is 0 Å². The Kier molecular flexibility index (Phi) is 5.48. The van der Waals surface area contributed by atoms with Crippen LogP contribution in [0.1, 0.15) is 27.0 Å². The van der Waals surface area contributed by atoms with Crippen LogP contribution in [0.25, 0.3) is 6.08 Å². The highest BCUT2D eigenvalue weighted by Gasteiger charge is 2.11.